The predicted molar refractivity (Wildman–Crippen MR) is 114 cm³/mol. The fourth-order valence-corrected chi connectivity index (χ4v) is 3.60. The van der Waals surface area contributed by atoms with E-state index in [9.17, 15) is 18.4 Å². The molecule has 1 atom stereocenters. The van der Waals surface area contributed by atoms with Gasteiger partial charge in [0.05, 0.1) is 13.3 Å². The Morgan fingerprint density at radius 2 is 1.78 bits per heavy atom. The van der Waals surface area contributed by atoms with E-state index in [-0.39, 0.29) is 5.75 Å². The zero-order valence-electron chi connectivity index (χ0n) is 17.2. The molecule has 1 saturated heterocycles. The van der Waals surface area contributed by atoms with Crippen molar-refractivity contribution in [2.24, 2.45) is 5.10 Å². The van der Waals surface area contributed by atoms with Crippen LogP contribution < -0.4 is 14.8 Å². The van der Waals surface area contributed by atoms with E-state index >= 15 is 0 Å². The zero-order chi connectivity index (χ0) is 22.9. The number of urea groups is 1. The molecule has 1 aliphatic rings. The van der Waals surface area contributed by atoms with Crippen molar-refractivity contribution in [2.45, 2.75) is 19.1 Å². The third kappa shape index (κ3) is 3.73. The van der Waals surface area contributed by atoms with Gasteiger partial charge in [0, 0.05) is 5.56 Å². The highest BCUT2D eigenvalue weighted by Crippen LogP contribution is 2.31. The molecule has 3 aromatic carbocycles. The molecule has 4 rings (SSSR count). The molecule has 0 unspecified atom stereocenters. The van der Waals surface area contributed by atoms with Gasteiger partial charge in [-0.1, -0.05) is 42.5 Å². The average Bonchev–Trinajstić information content (AvgIpc) is 3.00. The Hall–Kier alpha value is -4.01. The Morgan fingerprint density at radius 3 is 2.47 bits per heavy atom. The van der Waals surface area contributed by atoms with Crippen LogP contribution in [-0.2, 0) is 10.3 Å². The number of fused-ring (bicyclic) bond motifs is 1. The van der Waals surface area contributed by atoms with E-state index in [1.165, 1.54) is 44.5 Å². The number of ether oxygens (including phenoxy) is 2. The van der Waals surface area contributed by atoms with Gasteiger partial charge in [-0.25, -0.2) is 4.79 Å². The molecule has 1 N–H and O–H groups in total. The first-order chi connectivity index (χ1) is 15.3. The quantitative estimate of drug-likeness (QED) is 0.460. The number of hydrogen-bond donors (Lipinski definition) is 1. The fraction of sp³-hybridized carbons (Fsp3) is 0.174. The lowest BCUT2D eigenvalue weighted by molar-refractivity contribution is -0.131. The molecule has 7 nitrogen and oxygen atoms in total. The summed E-state index contributed by atoms with van der Waals surface area (Å²) < 4.78 is 34.5. The van der Waals surface area contributed by atoms with Crippen LogP contribution in [0.25, 0.3) is 10.8 Å². The molecule has 1 fully saturated rings. The monoisotopic (exact) mass is 439 g/mol. The van der Waals surface area contributed by atoms with Crippen LogP contribution in [0.3, 0.4) is 0 Å². The minimum Gasteiger partial charge on any atom is -0.496 e. The van der Waals surface area contributed by atoms with Crippen LogP contribution in [0, 0.1) is 0 Å². The second-order valence-corrected chi connectivity index (χ2v) is 7.22. The van der Waals surface area contributed by atoms with Crippen LogP contribution in [0.1, 0.15) is 18.1 Å². The number of alkyl halides is 2. The third-order valence-electron chi connectivity index (χ3n) is 5.28. The second-order valence-electron chi connectivity index (χ2n) is 7.22. The molecular weight excluding hydrogens is 420 g/mol. The van der Waals surface area contributed by atoms with Gasteiger partial charge in [0.15, 0.2) is 0 Å². The van der Waals surface area contributed by atoms with Crippen molar-refractivity contribution in [1.29, 1.82) is 0 Å². The molecule has 0 spiro atoms. The van der Waals surface area contributed by atoms with E-state index in [4.69, 9.17) is 4.74 Å². The molecule has 9 heteroatoms. The van der Waals surface area contributed by atoms with Crippen molar-refractivity contribution >= 4 is 28.9 Å². The molecule has 3 aromatic rings. The molecule has 0 radical (unpaired) electrons. The Bertz CT molecular complexity index is 1210. The maximum absolute atomic E-state index is 13.1. The minimum absolute atomic E-state index is 0.0537. The van der Waals surface area contributed by atoms with Gasteiger partial charge in [-0.2, -0.15) is 13.9 Å². The Morgan fingerprint density at radius 1 is 1.06 bits per heavy atom. The number of methoxy groups -OCH3 is 1. The number of hydrogen-bond acceptors (Lipinski definition) is 5. The number of hydrazone groups is 1. The van der Waals surface area contributed by atoms with Crippen molar-refractivity contribution in [3.05, 3.63) is 71.8 Å². The molecule has 1 aliphatic heterocycles. The second kappa shape index (κ2) is 8.26. The highest BCUT2D eigenvalue weighted by molar-refractivity contribution is 6.09. The number of halogens is 2. The first-order valence-corrected chi connectivity index (χ1v) is 9.65. The van der Waals surface area contributed by atoms with Crippen molar-refractivity contribution in [2.75, 3.05) is 7.11 Å². The van der Waals surface area contributed by atoms with Crippen LogP contribution in [0.4, 0.5) is 13.6 Å². The largest absolute Gasteiger partial charge is 0.496 e. The van der Waals surface area contributed by atoms with Crippen molar-refractivity contribution in [3.63, 3.8) is 0 Å². The topological polar surface area (TPSA) is 80.2 Å². The van der Waals surface area contributed by atoms with E-state index in [0.717, 1.165) is 15.8 Å². The highest BCUT2D eigenvalue weighted by atomic mass is 19.3. The number of imide groups is 1. The number of benzene rings is 3. The van der Waals surface area contributed by atoms with E-state index in [2.05, 4.69) is 15.2 Å². The molecule has 0 bridgehead atoms. The standard InChI is InChI=1S/C23H19F2N3O4/c1-23(15-8-10-16(11-9-15)32-21(24)25)20(29)28(22(30)27-23)26-13-18-17-6-4-3-5-14(17)7-12-19(18)31-2/h3-13,21H,1-2H3,(H,27,30)/t23-/m1/s1. The molecule has 0 saturated carbocycles. The van der Waals surface area contributed by atoms with E-state index in [1.54, 1.807) is 6.07 Å². The Kier molecular flexibility index (Phi) is 5.48. The lowest BCUT2D eigenvalue weighted by Crippen LogP contribution is -2.40. The first kappa shape index (κ1) is 21.2. The molecule has 1 heterocycles. The minimum atomic E-state index is -2.96. The molecular formula is C23H19F2N3O4. The smallest absolute Gasteiger partial charge is 0.387 e. The van der Waals surface area contributed by atoms with Crippen LogP contribution >= 0.6 is 0 Å². The van der Waals surface area contributed by atoms with Crippen molar-refractivity contribution in [1.82, 2.24) is 10.3 Å². The van der Waals surface area contributed by atoms with Crippen LogP contribution in [0.2, 0.25) is 0 Å². The van der Waals surface area contributed by atoms with Gasteiger partial charge in [0.1, 0.15) is 17.0 Å². The van der Waals surface area contributed by atoms with Gasteiger partial charge in [-0.3, -0.25) is 4.79 Å². The number of carbonyl (C=O) groups excluding carboxylic acids is 2. The summed E-state index contributed by atoms with van der Waals surface area (Å²) in [5.41, 5.74) is -0.396. The summed E-state index contributed by atoms with van der Waals surface area (Å²) in [5.74, 6) is -0.126. The summed E-state index contributed by atoms with van der Waals surface area (Å²) in [4.78, 5) is 25.6. The maximum atomic E-state index is 13.1. The number of carbonyl (C=O) groups is 2. The number of rotatable bonds is 6. The van der Waals surface area contributed by atoms with Crippen LogP contribution in [0.5, 0.6) is 11.5 Å². The average molecular weight is 439 g/mol. The predicted octanol–water partition coefficient (Wildman–Crippen LogP) is 4.25. The van der Waals surface area contributed by atoms with E-state index < -0.39 is 24.1 Å². The summed E-state index contributed by atoms with van der Waals surface area (Å²) in [7, 11) is 1.52. The summed E-state index contributed by atoms with van der Waals surface area (Å²) in [5, 5.41) is 9.28. The van der Waals surface area contributed by atoms with Crippen LogP contribution in [-0.4, -0.2) is 36.9 Å². The lowest BCUT2D eigenvalue weighted by atomic mass is 9.92. The SMILES string of the molecule is COc1ccc2ccccc2c1C=NN1C(=O)N[C@](C)(c2ccc(OC(F)F)cc2)C1=O. The van der Waals surface area contributed by atoms with Gasteiger partial charge in [-0.15, -0.1) is 5.01 Å². The van der Waals surface area contributed by atoms with E-state index in [0.29, 0.717) is 16.9 Å². The van der Waals surface area contributed by atoms with Gasteiger partial charge < -0.3 is 14.8 Å². The third-order valence-corrected chi connectivity index (χ3v) is 5.28. The van der Waals surface area contributed by atoms with Gasteiger partial charge >= 0.3 is 12.6 Å². The first-order valence-electron chi connectivity index (χ1n) is 9.65. The maximum Gasteiger partial charge on any atom is 0.387 e. The molecule has 32 heavy (non-hydrogen) atoms. The van der Waals surface area contributed by atoms with Crippen molar-refractivity contribution < 1.29 is 27.8 Å². The summed E-state index contributed by atoms with van der Waals surface area (Å²) in [6, 6.07) is 16.0. The zero-order valence-corrected chi connectivity index (χ0v) is 17.2. The number of amides is 3. The Balaban J connectivity index is 1.64. The normalized spacial score (nSPS) is 18.6. The number of nitrogens with zero attached hydrogens (tertiary/aromatic N) is 2. The summed E-state index contributed by atoms with van der Waals surface area (Å²) >= 11 is 0. The van der Waals surface area contributed by atoms with E-state index in [1.807, 2.05) is 30.3 Å². The highest BCUT2D eigenvalue weighted by Gasteiger charge is 2.49. The summed E-state index contributed by atoms with van der Waals surface area (Å²) in [6.45, 7) is -1.44. The molecule has 0 aromatic heterocycles. The molecule has 3 amide bonds. The molecule has 164 valence electrons. The number of nitrogens with one attached hydrogen (secondary N) is 1. The van der Waals surface area contributed by atoms with Gasteiger partial charge in [0.2, 0.25) is 0 Å². The van der Waals surface area contributed by atoms with Gasteiger partial charge in [0.25, 0.3) is 5.91 Å². The summed E-state index contributed by atoms with van der Waals surface area (Å²) in [6.07, 6.45) is 1.41. The lowest BCUT2D eigenvalue weighted by Gasteiger charge is -2.21. The van der Waals surface area contributed by atoms with Gasteiger partial charge in [-0.05, 0) is 41.5 Å². The Labute approximate surface area is 182 Å². The van der Waals surface area contributed by atoms with Crippen LogP contribution in [0.15, 0.2) is 65.8 Å². The van der Waals surface area contributed by atoms with Crippen molar-refractivity contribution in [3.8, 4) is 11.5 Å². The molecule has 0 aliphatic carbocycles. The fourth-order valence-electron chi connectivity index (χ4n) is 3.60.